The Kier molecular flexibility index (Phi) is 5.05. The van der Waals surface area contributed by atoms with Gasteiger partial charge >= 0.3 is 0 Å². The monoisotopic (exact) mass is 361 g/mol. The Balaban J connectivity index is 1.80. The molecule has 4 rings (SSSR count). The predicted molar refractivity (Wildman–Crippen MR) is 105 cm³/mol. The van der Waals surface area contributed by atoms with Crippen LogP contribution < -0.4 is 10.1 Å². The number of hydrogen-bond donors (Lipinski definition) is 1. The lowest BCUT2D eigenvalue weighted by Gasteiger charge is -2.27. The second kappa shape index (κ2) is 7.78. The number of pyridine rings is 1. The summed E-state index contributed by atoms with van der Waals surface area (Å²) in [6.45, 7) is 4.89. The van der Waals surface area contributed by atoms with Crippen LogP contribution in [0.15, 0.2) is 42.6 Å². The van der Waals surface area contributed by atoms with Crippen LogP contribution in [0.3, 0.4) is 0 Å². The lowest BCUT2D eigenvalue weighted by Crippen LogP contribution is -2.43. The Morgan fingerprint density at radius 2 is 1.93 bits per heavy atom. The van der Waals surface area contributed by atoms with E-state index in [9.17, 15) is 0 Å². The number of ether oxygens (including phenoxy) is 1. The van der Waals surface area contributed by atoms with Gasteiger partial charge in [-0.1, -0.05) is 6.07 Å². The molecule has 0 amide bonds. The summed E-state index contributed by atoms with van der Waals surface area (Å²) in [5, 5.41) is 12.5. The van der Waals surface area contributed by atoms with E-state index in [0.717, 1.165) is 66.6 Å². The van der Waals surface area contributed by atoms with Crippen LogP contribution in [-0.4, -0.2) is 47.6 Å². The summed E-state index contributed by atoms with van der Waals surface area (Å²) in [4.78, 5) is 7.35. The summed E-state index contributed by atoms with van der Waals surface area (Å²) in [7, 11) is 1.67. The average Bonchev–Trinajstić information content (AvgIpc) is 3.07. The van der Waals surface area contributed by atoms with Crippen molar-refractivity contribution in [3.05, 3.63) is 53.9 Å². The van der Waals surface area contributed by atoms with E-state index in [1.54, 1.807) is 7.11 Å². The third-order valence-corrected chi connectivity index (χ3v) is 5.01. The topological polar surface area (TPSA) is 65.6 Å². The van der Waals surface area contributed by atoms with Gasteiger partial charge in [-0.05, 0) is 35.9 Å². The molecule has 0 atom stereocenters. The summed E-state index contributed by atoms with van der Waals surface area (Å²) in [6.07, 6.45) is 2.45. The van der Waals surface area contributed by atoms with E-state index < -0.39 is 0 Å². The molecule has 0 unspecified atom stereocenters. The number of nitriles is 1. The first-order chi connectivity index (χ1) is 13.3. The van der Waals surface area contributed by atoms with E-state index in [1.807, 2.05) is 24.3 Å². The molecule has 3 heterocycles. The van der Waals surface area contributed by atoms with Gasteiger partial charge in [0.1, 0.15) is 11.4 Å². The molecule has 0 saturated carbocycles. The SMILES string of the molecule is COc1ccc(-c2nc3ccc(CC#N)cn3c2CN2CCNCC2)cc1. The number of methoxy groups -OCH3 is 1. The van der Waals surface area contributed by atoms with Crippen LogP contribution in [0.2, 0.25) is 0 Å². The average molecular weight is 361 g/mol. The molecule has 1 aliphatic rings. The largest absolute Gasteiger partial charge is 0.497 e. The van der Waals surface area contributed by atoms with Crippen molar-refractivity contribution in [2.45, 2.75) is 13.0 Å². The molecule has 1 aliphatic heterocycles. The third kappa shape index (κ3) is 3.65. The normalized spacial score (nSPS) is 15.0. The molecule has 1 saturated heterocycles. The maximum atomic E-state index is 9.05. The van der Waals surface area contributed by atoms with E-state index in [1.165, 1.54) is 0 Å². The van der Waals surface area contributed by atoms with Gasteiger partial charge in [-0.2, -0.15) is 5.26 Å². The van der Waals surface area contributed by atoms with Crippen molar-refractivity contribution >= 4 is 5.65 Å². The fraction of sp³-hybridized carbons (Fsp3) is 0.333. The van der Waals surface area contributed by atoms with Crippen LogP contribution >= 0.6 is 0 Å². The van der Waals surface area contributed by atoms with Crippen LogP contribution in [0.5, 0.6) is 5.75 Å². The molecule has 0 aliphatic carbocycles. The van der Waals surface area contributed by atoms with Crippen LogP contribution in [0.25, 0.3) is 16.9 Å². The highest BCUT2D eigenvalue weighted by molar-refractivity contribution is 5.67. The summed E-state index contributed by atoms with van der Waals surface area (Å²) in [6, 6.07) is 14.3. The fourth-order valence-corrected chi connectivity index (χ4v) is 3.55. The minimum absolute atomic E-state index is 0.402. The van der Waals surface area contributed by atoms with Gasteiger partial charge in [0.25, 0.3) is 0 Å². The number of benzene rings is 1. The predicted octanol–water partition coefficient (Wildman–Crippen LogP) is 2.48. The highest BCUT2D eigenvalue weighted by atomic mass is 16.5. The van der Waals surface area contributed by atoms with Gasteiger partial charge in [-0.25, -0.2) is 4.98 Å². The molecule has 6 heteroatoms. The van der Waals surface area contributed by atoms with Gasteiger partial charge in [0.2, 0.25) is 0 Å². The second-order valence-electron chi connectivity index (χ2n) is 6.76. The Hall–Kier alpha value is -2.88. The Bertz CT molecular complexity index is 965. The van der Waals surface area contributed by atoms with Gasteiger partial charge in [-0.15, -0.1) is 0 Å². The van der Waals surface area contributed by atoms with E-state index in [-0.39, 0.29) is 0 Å². The zero-order chi connectivity index (χ0) is 18.6. The van der Waals surface area contributed by atoms with Crippen LogP contribution in [-0.2, 0) is 13.0 Å². The van der Waals surface area contributed by atoms with E-state index in [0.29, 0.717) is 6.42 Å². The molecular formula is C21H23N5O. The van der Waals surface area contributed by atoms with Gasteiger partial charge in [0.05, 0.1) is 31.0 Å². The zero-order valence-electron chi connectivity index (χ0n) is 15.5. The van der Waals surface area contributed by atoms with Gasteiger partial charge in [-0.3, -0.25) is 4.90 Å². The molecule has 3 aromatic rings. The smallest absolute Gasteiger partial charge is 0.137 e. The van der Waals surface area contributed by atoms with Crippen molar-refractivity contribution in [3.8, 4) is 23.1 Å². The molecule has 0 spiro atoms. The molecule has 138 valence electrons. The van der Waals surface area contributed by atoms with Gasteiger partial charge in [0.15, 0.2) is 0 Å². The van der Waals surface area contributed by atoms with Crippen LogP contribution in [0.1, 0.15) is 11.3 Å². The number of piperazine rings is 1. The van der Waals surface area contributed by atoms with Crippen molar-refractivity contribution in [2.75, 3.05) is 33.3 Å². The minimum Gasteiger partial charge on any atom is -0.497 e. The summed E-state index contributed by atoms with van der Waals surface area (Å²) < 4.78 is 7.43. The zero-order valence-corrected chi connectivity index (χ0v) is 15.5. The number of nitrogens with zero attached hydrogens (tertiary/aromatic N) is 4. The Labute approximate surface area is 159 Å². The number of rotatable bonds is 5. The first-order valence-electron chi connectivity index (χ1n) is 9.23. The molecule has 27 heavy (non-hydrogen) atoms. The molecule has 2 aromatic heterocycles. The fourth-order valence-electron chi connectivity index (χ4n) is 3.55. The summed E-state index contributed by atoms with van der Waals surface area (Å²) in [5.41, 5.74) is 5.14. The standard InChI is InChI=1S/C21H23N5O/c1-27-18-5-3-17(4-6-18)21-19(15-25-12-10-23-11-13-25)26-14-16(8-9-22)2-7-20(26)24-21/h2-7,14,23H,8,10-13,15H2,1H3. The Morgan fingerprint density at radius 1 is 1.15 bits per heavy atom. The van der Waals surface area contributed by atoms with Crippen molar-refractivity contribution < 1.29 is 4.74 Å². The first-order valence-corrected chi connectivity index (χ1v) is 9.23. The molecule has 1 N–H and O–H groups in total. The van der Waals surface area contributed by atoms with Gasteiger partial charge in [0, 0.05) is 44.5 Å². The maximum Gasteiger partial charge on any atom is 0.137 e. The lowest BCUT2D eigenvalue weighted by molar-refractivity contribution is 0.230. The summed E-state index contributed by atoms with van der Waals surface area (Å²) >= 11 is 0. The van der Waals surface area contributed by atoms with E-state index in [4.69, 9.17) is 15.0 Å². The van der Waals surface area contributed by atoms with Crippen LogP contribution in [0, 0.1) is 11.3 Å². The number of fused-ring (bicyclic) bond motifs is 1. The second-order valence-corrected chi connectivity index (χ2v) is 6.76. The Morgan fingerprint density at radius 3 is 2.63 bits per heavy atom. The number of aromatic nitrogens is 2. The number of imidazole rings is 1. The van der Waals surface area contributed by atoms with Crippen molar-refractivity contribution in [3.63, 3.8) is 0 Å². The number of hydrogen-bond acceptors (Lipinski definition) is 5. The number of nitrogens with one attached hydrogen (secondary N) is 1. The molecule has 0 bridgehead atoms. The molecule has 1 aromatic carbocycles. The van der Waals surface area contributed by atoms with Crippen molar-refractivity contribution in [2.24, 2.45) is 0 Å². The lowest BCUT2D eigenvalue weighted by atomic mass is 10.1. The molecular weight excluding hydrogens is 338 g/mol. The minimum atomic E-state index is 0.402. The van der Waals surface area contributed by atoms with E-state index >= 15 is 0 Å². The van der Waals surface area contributed by atoms with Crippen molar-refractivity contribution in [1.82, 2.24) is 19.6 Å². The van der Waals surface area contributed by atoms with Crippen molar-refractivity contribution in [1.29, 1.82) is 5.26 Å². The van der Waals surface area contributed by atoms with Crippen LogP contribution in [0.4, 0.5) is 0 Å². The highest BCUT2D eigenvalue weighted by Crippen LogP contribution is 2.28. The molecule has 0 radical (unpaired) electrons. The van der Waals surface area contributed by atoms with Gasteiger partial charge < -0.3 is 14.5 Å². The maximum absolute atomic E-state index is 9.05. The third-order valence-electron chi connectivity index (χ3n) is 5.01. The molecule has 1 fully saturated rings. The first kappa shape index (κ1) is 17.5. The highest BCUT2D eigenvalue weighted by Gasteiger charge is 2.19. The summed E-state index contributed by atoms with van der Waals surface area (Å²) in [5.74, 6) is 0.836. The molecule has 6 nitrogen and oxygen atoms in total. The quantitative estimate of drug-likeness (QED) is 0.756. The van der Waals surface area contributed by atoms with E-state index in [2.05, 4.69) is 39.0 Å².